The van der Waals surface area contributed by atoms with Crippen LogP contribution in [0.25, 0.3) is 0 Å². The molecule has 0 aliphatic rings. The van der Waals surface area contributed by atoms with Gasteiger partial charge in [0.15, 0.2) is 0 Å². The van der Waals surface area contributed by atoms with Crippen molar-refractivity contribution in [2.24, 2.45) is 0 Å². The second kappa shape index (κ2) is 17.5. The molecule has 1 aromatic carbocycles. The summed E-state index contributed by atoms with van der Waals surface area (Å²) in [4.78, 5) is 0.0481. The largest absolute Gasteiger partial charge is 0.460 e. The maximum Gasteiger partial charge on any atom is 0.460 e. The third-order valence-electron chi connectivity index (χ3n) is 9.11. The zero-order chi connectivity index (χ0) is 53.2. The van der Waals surface area contributed by atoms with Gasteiger partial charge in [-0.2, -0.15) is 149 Å². The summed E-state index contributed by atoms with van der Waals surface area (Å²) >= 11 is 0. The predicted octanol–water partition coefficient (Wildman–Crippen LogP) is 13.6. The van der Waals surface area contributed by atoms with E-state index in [1.807, 2.05) is 0 Å². The van der Waals surface area contributed by atoms with E-state index >= 15 is 0 Å². The fraction of sp³-hybridized carbons (Fsp3) is 0.800. The Morgan fingerprint density at radius 2 is 0.545 bits per heavy atom. The first kappa shape index (κ1) is 60.6. The molecular weight excluding hydrogens is 1040 g/mol. The van der Waals surface area contributed by atoms with E-state index in [9.17, 15) is 149 Å². The van der Waals surface area contributed by atoms with Crippen molar-refractivity contribution in [2.75, 3.05) is 24.6 Å². The van der Waals surface area contributed by atoms with Gasteiger partial charge in [0.05, 0.1) is 0 Å². The Labute approximate surface area is 342 Å². The van der Waals surface area contributed by atoms with Crippen LogP contribution < -0.4 is 4.90 Å². The van der Waals surface area contributed by atoms with Crippen LogP contribution in [0, 0.1) is 0 Å². The molecule has 1 rings (SSSR count). The molecule has 0 amide bonds. The molecule has 390 valence electrons. The number of benzene rings is 1. The summed E-state index contributed by atoms with van der Waals surface area (Å²) < 4.78 is 462. The molecule has 0 fully saturated rings. The highest BCUT2D eigenvalue weighted by atomic mass is 19.4. The zero-order valence-corrected chi connectivity index (χ0v) is 30.7. The van der Waals surface area contributed by atoms with Crippen molar-refractivity contribution in [1.82, 2.24) is 0 Å². The molecule has 0 heterocycles. The Kier molecular flexibility index (Phi) is 16.1. The van der Waals surface area contributed by atoms with Crippen molar-refractivity contribution in [1.29, 1.82) is 0 Å². The summed E-state index contributed by atoms with van der Waals surface area (Å²) in [6.45, 7) is -4.19. The van der Waals surface area contributed by atoms with Crippen LogP contribution >= 0.6 is 0 Å². The molecule has 0 bridgehead atoms. The quantitative estimate of drug-likeness (QED) is 0.110. The summed E-state index contributed by atoms with van der Waals surface area (Å²) in [6, 6.07) is 2.88. The van der Waals surface area contributed by atoms with Crippen LogP contribution in [0.2, 0.25) is 0 Å². The Hall–Kier alpha value is -3.40. The van der Waals surface area contributed by atoms with Gasteiger partial charge in [-0.25, -0.2) is 0 Å². The van der Waals surface area contributed by atoms with Gasteiger partial charge < -0.3 is 10.0 Å². The Balaban J connectivity index is 3.59. The molecule has 1 aromatic rings. The van der Waals surface area contributed by atoms with Gasteiger partial charge in [-0.3, -0.25) is 0 Å². The van der Waals surface area contributed by atoms with Gasteiger partial charge in [0.25, 0.3) is 0 Å². The van der Waals surface area contributed by atoms with E-state index in [4.69, 9.17) is 5.11 Å². The van der Waals surface area contributed by atoms with Gasteiger partial charge in [-0.1, -0.05) is 12.1 Å². The minimum atomic E-state index is -9.01. The first-order valence-electron chi connectivity index (χ1n) is 16.5. The van der Waals surface area contributed by atoms with Crippen molar-refractivity contribution in [3.05, 3.63) is 29.8 Å². The maximum atomic E-state index is 14.5. The summed E-state index contributed by atoms with van der Waals surface area (Å²) in [7, 11) is 0. The topological polar surface area (TPSA) is 23.5 Å². The van der Waals surface area contributed by atoms with Gasteiger partial charge in [0, 0.05) is 38.2 Å². The van der Waals surface area contributed by atoms with Crippen molar-refractivity contribution in [3.8, 4) is 0 Å². The fourth-order valence-corrected chi connectivity index (χ4v) is 5.06. The number of aliphatic hydroxyl groups excluding tert-OH is 1. The molecule has 1 N–H and O–H groups in total. The normalized spacial score (nSPS) is 16.0. The summed E-state index contributed by atoms with van der Waals surface area (Å²) in [5, 5.41) is 8.94. The van der Waals surface area contributed by atoms with Crippen molar-refractivity contribution in [3.63, 3.8) is 0 Å². The molecule has 0 aromatic heterocycles. The number of hydrogen-bond acceptors (Lipinski definition) is 2. The molecule has 0 saturated carbocycles. The zero-order valence-electron chi connectivity index (χ0n) is 30.7. The smallest absolute Gasteiger partial charge is 0.396 e. The van der Waals surface area contributed by atoms with Crippen molar-refractivity contribution >= 4 is 5.69 Å². The number of alkyl halides is 34. The number of hydrogen-bond donors (Lipinski definition) is 1. The van der Waals surface area contributed by atoms with E-state index in [2.05, 4.69) is 0 Å². The lowest BCUT2D eigenvalue weighted by Crippen LogP contribution is -2.74. The monoisotopic (exact) mass is 1060 g/mol. The third kappa shape index (κ3) is 9.12. The minimum absolute atomic E-state index is 0.00983. The van der Waals surface area contributed by atoms with Crippen LogP contribution in [0.15, 0.2) is 24.3 Å². The van der Waals surface area contributed by atoms with Crippen LogP contribution in [0.1, 0.15) is 31.2 Å². The Morgan fingerprint density at radius 1 is 0.318 bits per heavy atom. The molecule has 0 aliphatic heterocycles. The highest BCUT2D eigenvalue weighted by Crippen LogP contribution is 2.66. The summed E-state index contributed by atoms with van der Waals surface area (Å²) in [5.74, 6) is -119. The van der Waals surface area contributed by atoms with Crippen LogP contribution in [-0.4, -0.2) is 120 Å². The Morgan fingerprint density at radius 3 is 0.773 bits per heavy atom. The first-order valence-corrected chi connectivity index (χ1v) is 16.5. The highest BCUT2D eigenvalue weighted by Gasteiger charge is 2.96. The number of nitrogens with zero attached hydrogens (tertiary/aromatic N) is 1. The molecule has 66 heavy (non-hydrogen) atoms. The molecule has 0 spiro atoms. The van der Waals surface area contributed by atoms with Gasteiger partial charge in [-0.05, 0) is 37.0 Å². The van der Waals surface area contributed by atoms with E-state index in [1.165, 1.54) is 0 Å². The third-order valence-corrected chi connectivity index (χ3v) is 9.11. The van der Waals surface area contributed by atoms with E-state index in [0.29, 0.717) is 12.1 Å². The van der Waals surface area contributed by atoms with Crippen LogP contribution in [0.4, 0.5) is 155 Å². The molecule has 0 unspecified atom stereocenters. The lowest BCUT2D eigenvalue weighted by atomic mass is 9.88. The second-order valence-corrected chi connectivity index (χ2v) is 13.6. The molecule has 0 atom stereocenters. The average molecular weight is 1060 g/mol. The van der Waals surface area contributed by atoms with Crippen molar-refractivity contribution in [2.45, 2.75) is 127 Å². The van der Waals surface area contributed by atoms with Gasteiger partial charge in [0.1, 0.15) is 0 Å². The van der Waals surface area contributed by atoms with E-state index in [-0.39, 0.29) is 16.9 Å². The maximum absolute atomic E-state index is 14.5. The predicted molar refractivity (Wildman–Crippen MR) is 149 cm³/mol. The van der Waals surface area contributed by atoms with Gasteiger partial charge in [0.2, 0.25) is 0 Å². The molecule has 0 aliphatic carbocycles. The van der Waals surface area contributed by atoms with Gasteiger partial charge >= 0.3 is 95.3 Å². The molecule has 0 saturated heterocycles. The van der Waals surface area contributed by atoms with Crippen LogP contribution in [0.3, 0.4) is 0 Å². The molecule has 0 radical (unpaired) electrons. The summed E-state index contributed by atoms with van der Waals surface area (Å²) in [5.41, 5.74) is -0.772. The molecule has 2 nitrogen and oxygen atoms in total. The standard InChI is InChI=1S/C30H21F34NO/c31-15(32,17(35,36)19(39,40)21(43,44)23(47,48)25(51,52)27(55,56)29(59,60)61)8-1-10-65(14-5-3-13(4-6-14)7-12-66)11-2-9-16(33,34)18(37,38)20(41,42)22(45,46)24(49,50)26(53,54)28(57,58)30(62,63)64/h3-6,66H,1-2,7-12H2. The lowest BCUT2D eigenvalue weighted by Gasteiger charge is -2.43. The van der Waals surface area contributed by atoms with Gasteiger partial charge in [-0.15, -0.1) is 0 Å². The molecular formula is C30H21F34NO. The number of anilines is 1. The Bertz CT molecular complexity index is 1670. The summed E-state index contributed by atoms with van der Waals surface area (Å²) in [6.07, 6.45) is -27.1. The van der Waals surface area contributed by atoms with E-state index in [0.717, 1.165) is 12.1 Å². The minimum Gasteiger partial charge on any atom is -0.396 e. The van der Waals surface area contributed by atoms with Crippen LogP contribution in [-0.2, 0) is 6.42 Å². The second-order valence-electron chi connectivity index (χ2n) is 13.6. The van der Waals surface area contributed by atoms with Crippen LogP contribution in [0.5, 0.6) is 0 Å². The number of halogens is 34. The lowest BCUT2D eigenvalue weighted by molar-refractivity contribution is -0.461. The first-order chi connectivity index (χ1) is 28.6. The number of rotatable bonds is 23. The SMILES string of the molecule is OCCc1ccc(N(CCCC(F)(F)C(F)(F)C(F)(F)C(F)(F)C(F)(F)C(F)(F)C(F)(F)C(F)(F)F)CCCC(F)(F)C(F)(F)C(F)(F)C(F)(F)C(F)(F)C(F)(F)C(F)(F)C(F)(F)F)cc1. The number of aliphatic hydroxyl groups is 1. The van der Waals surface area contributed by atoms with Crippen molar-refractivity contribution < 1.29 is 154 Å². The highest BCUT2D eigenvalue weighted by molar-refractivity contribution is 5.47. The average Bonchev–Trinajstić information content (AvgIpc) is 3.12. The fourth-order valence-electron chi connectivity index (χ4n) is 5.06. The van der Waals surface area contributed by atoms with E-state index < -0.39 is 146 Å². The molecule has 36 heteroatoms. The van der Waals surface area contributed by atoms with E-state index in [1.54, 1.807) is 0 Å².